The second kappa shape index (κ2) is 8.02. The topological polar surface area (TPSA) is 35.5 Å². The Labute approximate surface area is 133 Å². The summed E-state index contributed by atoms with van der Waals surface area (Å²) in [5, 5.41) is 13.3. The standard InChI is InChI=1S/C17H27ClN2O/c1-13(2)19-12-14-7-8-16(11-17(14)18)20-9-3-5-15(20)6-4-10-21/h7-8,11,13,15,19,21H,3-6,9-10,12H2,1-2H3. The molecule has 0 radical (unpaired) electrons. The van der Waals surface area contributed by atoms with Crippen molar-refractivity contribution in [3.8, 4) is 0 Å². The molecule has 118 valence electrons. The van der Waals surface area contributed by atoms with E-state index >= 15 is 0 Å². The minimum absolute atomic E-state index is 0.283. The fourth-order valence-corrected chi connectivity index (χ4v) is 3.22. The van der Waals surface area contributed by atoms with Gasteiger partial charge in [-0.2, -0.15) is 0 Å². The van der Waals surface area contributed by atoms with Gasteiger partial charge >= 0.3 is 0 Å². The zero-order valence-electron chi connectivity index (χ0n) is 13.1. The van der Waals surface area contributed by atoms with Crippen LogP contribution in [0.3, 0.4) is 0 Å². The number of rotatable bonds is 7. The lowest BCUT2D eigenvalue weighted by Gasteiger charge is -2.27. The molecule has 0 aromatic heterocycles. The van der Waals surface area contributed by atoms with Crippen LogP contribution >= 0.6 is 11.6 Å². The monoisotopic (exact) mass is 310 g/mol. The fourth-order valence-electron chi connectivity index (χ4n) is 2.97. The molecule has 1 saturated heterocycles. The number of nitrogens with one attached hydrogen (secondary N) is 1. The van der Waals surface area contributed by atoms with E-state index in [1.807, 2.05) is 0 Å². The van der Waals surface area contributed by atoms with Gasteiger partial charge in [0.2, 0.25) is 0 Å². The summed E-state index contributed by atoms with van der Waals surface area (Å²) in [5.74, 6) is 0. The van der Waals surface area contributed by atoms with Crippen molar-refractivity contribution >= 4 is 17.3 Å². The SMILES string of the molecule is CC(C)NCc1ccc(N2CCCC2CCCO)cc1Cl. The third-order valence-corrected chi connectivity index (χ3v) is 4.49. The summed E-state index contributed by atoms with van der Waals surface area (Å²) in [6.45, 7) is 6.46. The maximum Gasteiger partial charge on any atom is 0.0471 e. The number of benzene rings is 1. The minimum atomic E-state index is 0.283. The van der Waals surface area contributed by atoms with E-state index in [0.29, 0.717) is 12.1 Å². The van der Waals surface area contributed by atoms with E-state index in [9.17, 15) is 0 Å². The lowest BCUT2D eigenvalue weighted by molar-refractivity contribution is 0.279. The Morgan fingerprint density at radius 2 is 2.24 bits per heavy atom. The van der Waals surface area contributed by atoms with Crippen LogP contribution in [0.2, 0.25) is 5.02 Å². The third-order valence-electron chi connectivity index (χ3n) is 4.14. The fraction of sp³-hybridized carbons (Fsp3) is 0.647. The van der Waals surface area contributed by atoms with Gasteiger partial charge in [0.15, 0.2) is 0 Å². The number of aliphatic hydroxyl groups is 1. The molecule has 0 amide bonds. The van der Waals surface area contributed by atoms with Crippen molar-refractivity contribution in [2.75, 3.05) is 18.1 Å². The highest BCUT2D eigenvalue weighted by atomic mass is 35.5. The summed E-state index contributed by atoms with van der Waals surface area (Å²) in [6.07, 6.45) is 4.38. The Kier molecular flexibility index (Phi) is 6.34. The average molecular weight is 311 g/mol. The van der Waals surface area contributed by atoms with Gasteiger partial charge < -0.3 is 15.3 Å². The van der Waals surface area contributed by atoms with Gasteiger partial charge in [0.25, 0.3) is 0 Å². The normalized spacial score (nSPS) is 18.7. The molecule has 1 heterocycles. The number of hydrogen-bond donors (Lipinski definition) is 2. The van der Waals surface area contributed by atoms with E-state index < -0.39 is 0 Å². The summed E-state index contributed by atoms with van der Waals surface area (Å²) in [4.78, 5) is 2.45. The Morgan fingerprint density at radius 1 is 1.43 bits per heavy atom. The molecule has 1 fully saturated rings. The molecule has 4 heteroatoms. The first-order valence-corrected chi connectivity index (χ1v) is 8.39. The number of anilines is 1. The molecule has 2 rings (SSSR count). The predicted molar refractivity (Wildman–Crippen MR) is 90.1 cm³/mol. The molecule has 0 bridgehead atoms. The molecule has 1 aliphatic heterocycles. The van der Waals surface area contributed by atoms with Crippen LogP contribution in [0.5, 0.6) is 0 Å². The molecule has 0 spiro atoms. The van der Waals surface area contributed by atoms with Crippen LogP contribution in [0.1, 0.15) is 45.1 Å². The molecule has 1 unspecified atom stereocenters. The highest BCUT2D eigenvalue weighted by Gasteiger charge is 2.24. The van der Waals surface area contributed by atoms with Crippen molar-refractivity contribution in [1.29, 1.82) is 0 Å². The number of halogens is 1. The Hall–Kier alpha value is -0.770. The maximum absolute atomic E-state index is 9.02. The van der Waals surface area contributed by atoms with Gasteiger partial charge in [-0.3, -0.25) is 0 Å². The molecule has 1 aliphatic rings. The highest BCUT2D eigenvalue weighted by Crippen LogP contribution is 2.31. The van der Waals surface area contributed by atoms with Gasteiger partial charge in [0.05, 0.1) is 0 Å². The maximum atomic E-state index is 9.02. The number of hydrogen-bond acceptors (Lipinski definition) is 3. The first kappa shape index (κ1) is 16.6. The van der Waals surface area contributed by atoms with Crippen LogP contribution in [-0.4, -0.2) is 30.3 Å². The Bertz CT molecular complexity index is 450. The van der Waals surface area contributed by atoms with Gasteiger partial charge in [-0.05, 0) is 43.4 Å². The zero-order valence-corrected chi connectivity index (χ0v) is 13.9. The lowest BCUT2D eigenvalue weighted by Crippen LogP contribution is -2.29. The van der Waals surface area contributed by atoms with Crippen LogP contribution < -0.4 is 10.2 Å². The van der Waals surface area contributed by atoms with E-state index in [1.54, 1.807) is 0 Å². The molecular weight excluding hydrogens is 284 g/mol. The van der Waals surface area contributed by atoms with Gasteiger partial charge in [0, 0.05) is 42.5 Å². The van der Waals surface area contributed by atoms with Crippen LogP contribution in [0.25, 0.3) is 0 Å². The van der Waals surface area contributed by atoms with Crippen molar-refractivity contribution in [3.05, 3.63) is 28.8 Å². The van der Waals surface area contributed by atoms with Crippen molar-refractivity contribution < 1.29 is 5.11 Å². The second-order valence-corrected chi connectivity index (χ2v) is 6.57. The number of nitrogens with zero attached hydrogens (tertiary/aromatic N) is 1. The minimum Gasteiger partial charge on any atom is -0.396 e. The van der Waals surface area contributed by atoms with Crippen LogP contribution in [-0.2, 0) is 6.54 Å². The third kappa shape index (κ3) is 4.60. The Balaban J connectivity index is 2.04. The molecule has 3 nitrogen and oxygen atoms in total. The van der Waals surface area contributed by atoms with Crippen molar-refractivity contribution in [3.63, 3.8) is 0 Å². The van der Waals surface area contributed by atoms with E-state index in [0.717, 1.165) is 36.5 Å². The van der Waals surface area contributed by atoms with Crippen molar-refractivity contribution in [2.24, 2.45) is 0 Å². The molecule has 21 heavy (non-hydrogen) atoms. The molecule has 2 N–H and O–H groups in total. The molecule has 1 aromatic carbocycles. The van der Waals surface area contributed by atoms with E-state index in [-0.39, 0.29) is 6.61 Å². The van der Waals surface area contributed by atoms with Crippen LogP contribution in [0.15, 0.2) is 18.2 Å². The summed E-state index contributed by atoms with van der Waals surface area (Å²) in [7, 11) is 0. The van der Waals surface area contributed by atoms with Gasteiger partial charge in [-0.15, -0.1) is 0 Å². The van der Waals surface area contributed by atoms with Gasteiger partial charge in [0.1, 0.15) is 0 Å². The summed E-state index contributed by atoms with van der Waals surface area (Å²) < 4.78 is 0. The van der Waals surface area contributed by atoms with Crippen LogP contribution in [0, 0.1) is 0 Å². The quantitative estimate of drug-likeness (QED) is 0.808. The summed E-state index contributed by atoms with van der Waals surface area (Å²) in [6, 6.07) is 7.42. The van der Waals surface area contributed by atoms with Crippen molar-refractivity contribution in [2.45, 2.75) is 58.2 Å². The zero-order chi connectivity index (χ0) is 15.2. The highest BCUT2D eigenvalue weighted by molar-refractivity contribution is 6.31. The summed E-state index contributed by atoms with van der Waals surface area (Å²) in [5.41, 5.74) is 2.37. The molecule has 1 atom stereocenters. The molecule has 0 aliphatic carbocycles. The van der Waals surface area contributed by atoms with Gasteiger partial charge in [-0.1, -0.05) is 31.5 Å². The van der Waals surface area contributed by atoms with E-state index in [1.165, 1.54) is 18.5 Å². The van der Waals surface area contributed by atoms with Crippen molar-refractivity contribution in [1.82, 2.24) is 5.32 Å². The molecule has 0 saturated carbocycles. The van der Waals surface area contributed by atoms with Crippen LogP contribution in [0.4, 0.5) is 5.69 Å². The van der Waals surface area contributed by atoms with E-state index in [2.05, 4.69) is 42.3 Å². The second-order valence-electron chi connectivity index (χ2n) is 6.17. The first-order valence-electron chi connectivity index (χ1n) is 8.01. The average Bonchev–Trinajstić information content (AvgIpc) is 2.92. The summed E-state index contributed by atoms with van der Waals surface area (Å²) >= 11 is 6.44. The largest absolute Gasteiger partial charge is 0.396 e. The smallest absolute Gasteiger partial charge is 0.0471 e. The Morgan fingerprint density at radius 3 is 2.90 bits per heavy atom. The first-order chi connectivity index (χ1) is 10.1. The molecular formula is C17H27ClN2O. The predicted octanol–water partition coefficient (Wildman–Crippen LogP) is 3.58. The van der Waals surface area contributed by atoms with E-state index in [4.69, 9.17) is 16.7 Å². The lowest BCUT2D eigenvalue weighted by atomic mass is 10.1. The number of aliphatic hydroxyl groups excluding tert-OH is 1. The van der Waals surface area contributed by atoms with Gasteiger partial charge in [-0.25, -0.2) is 0 Å². The molecule has 1 aromatic rings.